The molecule has 0 aliphatic carbocycles. The Labute approximate surface area is 85.5 Å². The van der Waals surface area contributed by atoms with E-state index in [0.29, 0.717) is 5.69 Å². The average molecular weight is 206 g/mol. The van der Waals surface area contributed by atoms with Gasteiger partial charge in [-0.2, -0.15) is 0 Å². The lowest BCUT2D eigenvalue weighted by atomic mass is 10.3. The Balaban J connectivity index is 2.41. The molecule has 1 aliphatic rings. The summed E-state index contributed by atoms with van der Waals surface area (Å²) in [4.78, 5) is 23.5. The van der Waals surface area contributed by atoms with E-state index in [2.05, 4.69) is 5.32 Å². The Morgan fingerprint density at radius 3 is 2.29 bits per heavy atom. The molecule has 1 fully saturated rings. The third kappa shape index (κ3) is 1.27. The largest absolute Gasteiger partial charge is 0.323 e. The molecule has 1 aliphatic heterocycles. The standard InChI is InChI=1S/C9H6N2O2S/c12-7-8(13)11(9(14)10-7)6-4-2-1-3-5-6/h1-5H,(H,10,12,14). The van der Waals surface area contributed by atoms with Gasteiger partial charge in [-0.15, -0.1) is 0 Å². The Hall–Kier alpha value is -1.75. The van der Waals surface area contributed by atoms with Gasteiger partial charge in [0, 0.05) is 0 Å². The number of hydrogen-bond acceptors (Lipinski definition) is 3. The van der Waals surface area contributed by atoms with E-state index in [9.17, 15) is 9.59 Å². The van der Waals surface area contributed by atoms with Crippen LogP contribution in [0, 0.1) is 0 Å². The van der Waals surface area contributed by atoms with Crippen LogP contribution >= 0.6 is 12.2 Å². The lowest BCUT2D eigenvalue weighted by Crippen LogP contribution is -2.30. The number of rotatable bonds is 1. The van der Waals surface area contributed by atoms with Crippen molar-refractivity contribution in [3.8, 4) is 0 Å². The fourth-order valence-corrected chi connectivity index (χ4v) is 1.49. The maximum Gasteiger partial charge on any atom is 0.323 e. The second kappa shape index (κ2) is 3.19. The van der Waals surface area contributed by atoms with Crippen molar-refractivity contribution in [3.05, 3.63) is 30.3 Å². The first kappa shape index (κ1) is 8.83. The van der Waals surface area contributed by atoms with Crippen molar-refractivity contribution in [1.82, 2.24) is 5.32 Å². The van der Waals surface area contributed by atoms with Gasteiger partial charge < -0.3 is 0 Å². The molecule has 0 unspecified atom stereocenters. The molecule has 14 heavy (non-hydrogen) atoms. The van der Waals surface area contributed by atoms with Crippen LogP contribution in [-0.4, -0.2) is 16.9 Å². The first-order valence-electron chi connectivity index (χ1n) is 3.94. The van der Waals surface area contributed by atoms with Crippen LogP contribution in [0.5, 0.6) is 0 Å². The first-order chi connectivity index (χ1) is 6.70. The number of nitrogens with zero attached hydrogens (tertiary/aromatic N) is 1. The summed E-state index contributed by atoms with van der Waals surface area (Å²) in [6.45, 7) is 0. The normalized spacial score (nSPS) is 16.0. The van der Waals surface area contributed by atoms with Crippen LogP contribution in [0.2, 0.25) is 0 Å². The van der Waals surface area contributed by atoms with E-state index < -0.39 is 11.8 Å². The molecule has 1 aromatic carbocycles. The zero-order valence-electron chi connectivity index (χ0n) is 7.06. The molecule has 70 valence electrons. The third-order valence-corrected chi connectivity index (χ3v) is 2.12. The number of carbonyl (C=O) groups excluding carboxylic acids is 2. The maximum atomic E-state index is 11.3. The van der Waals surface area contributed by atoms with Crippen LogP contribution in [0.15, 0.2) is 30.3 Å². The molecule has 2 rings (SSSR count). The van der Waals surface area contributed by atoms with Gasteiger partial charge >= 0.3 is 11.8 Å². The van der Waals surface area contributed by atoms with E-state index in [0.717, 1.165) is 0 Å². The average Bonchev–Trinajstić information content (AvgIpc) is 2.43. The van der Waals surface area contributed by atoms with E-state index in [-0.39, 0.29) is 5.11 Å². The second-order valence-corrected chi connectivity index (χ2v) is 3.12. The lowest BCUT2D eigenvalue weighted by molar-refractivity contribution is -0.134. The van der Waals surface area contributed by atoms with Crippen molar-refractivity contribution >= 4 is 34.8 Å². The van der Waals surface area contributed by atoms with Gasteiger partial charge in [-0.1, -0.05) is 18.2 Å². The van der Waals surface area contributed by atoms with Gasteiger partial charge in [-0.25, -0.2) is 4.90 Å². The predicted octanol–water partition coefficient (Wildman–Crippen LogP) is 0.434. The van der Waals surface area contributed by atoms with E-state index in [1.54, 1.807) is 24.3 Å². The third-order valence-electron chi connectivity index (χ3n) is 1.84. The number of anilines is 1. The van der Waals surface area contributed by atoms with Crippen molar-refractivity contribution in [2.75, 3.05) is 4.90 Å². The molecule has 0 bridgehead atoms. The van der Waals surface area contributed by atoms with Crippen LogP contribution in [0.25, 0.3) is 0 Å². The summed E-state index contributed by atoms with van der Waals surface area (Å²) < 4.78 is 0. The molecule has 5 heteroatoms. The molecule has 0 radical (unpaired) electrons. The lowest BCUT2D eigenvalue weighted by Gasteiger charge is -2.12. The minimum atomic E-state index is -0.682. The van der Waals surface area contributed by atoms with Crippen molar-refractivity contribution in [1.29, 1.82) is 0 Å². The van der Waals surface area contributed by atoms with Crippen LogP contribution < -0.4 is 10.2 Å². The minimum Gasteiger partial charge on any atom is -0.294 e. The monoisotopic (exact) mass is 206 g/mol. The van der Waals surface area contributed by atoms with E-state index in [1.807, 2.05) is 6.07 Å². The van der Waals surface area contributed by atoms with E-state index >= 15 is 0 Å². The SMILES string of the molecule is O=C1NC(=S)N(c2ccccc2)C1=O. The van der Waals surface area contributed by atoms with Gasteiger partial charge in [-0.3, -0.25) is 14.9 Å². The van der Waals surface area contributed by atoms with Crippen molar-refractivity contribution in [3.63, 3.8) is 0 Å². The summed E-state index contributed by atoms with van der Waals surface area (Å²) in [6, 6.07) is 8.79. The molecule has 2 amide bonds. The second-order valence-electron chi connectivity index (χ2n) is 2.74. The summed E-state index contributed by atoms with van der Waals surface area (Å²) in [7, 11) is 0. The van der Waals surface area contributed by atoms with Crippen LogP contribution in [-0.2, 0) is 9.59 Å². The molecule has 0 saturated carbocycles. The predicted molar refractivity (Wildman–Crippen MR) is 54.7 cm³/mol. The Morgan fingerprint density at radius 2 is 1.79 bits per heavy atom. The highest BCUT2D eigenvalue weighted by molar-refractivity contribution is 7.80. The molecule has 1 N–H and O–H groups in total. The van der Waals surface area contributed by atoms with Gasteiger partial charge in [0.05, 0.1) is 5.69 Å². The smallest absolute Gasteiger partial charge is 0.294 e. The zero-order chi connectivity index (χ0) is 10.1. The Kier molecular flexibility index (Phi) is 2.01. The number of hydrogen-bond donors (Lipinski definition) is 1. The summed E-state index contributed by atoms with van der Waals surface area (Å²) in [6.07, 6.45) is 0. The molecule has 0 aromatic heterocycles. The first-order valence-corrected chi connectivity index (χ1v) is 4.35. The van der Waals surface area contributed by atoms with Crippen LogP contribution in [0.3, 0.4) is 0 Å². The van der Waals surface area contributed by atoms with E-state index in [1.165, 1.54) is 4.90 Å². The summed E-state index contributed by atoms with van der Waals surface area (Å²) in [5.74, 6) is -1.32. The molecular formula is C9H6N2O2S. The van der Waals surface area contributed by atoms with Gasteiger partial charge in [0.2, 0.25) is 0 Å². The molecule has 1 saturated heterocycles. The molecule has 1 heterocycles. The van der Waals surface area contributed by atoms with Crippen molar-refractivity contribution in [2.45, 2.75) is 0 Å². The highest BCUT2D eigenvalue weighted by Crippen LogP contribution is 2.16. The topological polar surface area (TPSA) is 49.4 Å². The number of thiocarbonyl (C=S) groups is 1. The Bertz CT molecular complexity index is 416. The Morgan fingerprint density at radius 1 is 1.14 bits per heavy atom. The quantitative estimate of drug-likeness (QED) is 0.535. The molecule has 0 spiro atoms. The van der Waals surface area contributed by atoms with E-state index in [4.69, 9.17) is 12.2 Å². The molecule has 4 nitrogen and oxygen atoms in total. The fraction of sp³-hybridized carbons (Fsp3) is 0. The molecule has 1 aromatic rings. The maximum absolute atomic E-state index is 11.3. The summed E-state index contributed by atoms with van der Waals surface area (Å²) in [5, 5.41) is 2.41. The minimum absolute atomic E-state index is 0.131. The number of para-hydroxylation sites is 1. The zero-order valence-corrected chi connectivity index (χ0v) is 7.88. The number of nitrogens with one attached hydrogen (secondary N) is 1. The highest BCUT2D eigenvalue weighted by atomic mass is 32.1. The summed E-state index contributed by atoms with van der Waals surface area (Å²) >= 11 is 4.85. The van der Waals surface area contributed by atoms with Crippen LogP contribution in [0.4, 0.5) is 5.69 Å². The van der Waals surface area contributed by atoms with Crippen molar-refractivity contribution < 1.29 is 9.59 Å². The van der Waals surface area contributed by atoms with Crippen molar-refractivity contribution in [2.24, 2.45) is 0 Å². The van der Waals surface area contributed by atoms with Gasteiger partial charge in [0.15, 0.2) is 5.11 Å². The number of amides is 2. The highest BCUT2D eigenvalue weighted by Gasteiger charge is 2.34. The van der Waals surface area contributed by atoms with Crippen LogP contribution in [0.1, 0.15) is 0 Å². The van der Waals surface area contributed by atoms with Gasteiger partial charge in [-0.05, 0) is 24.4 Å². The molecular weight excluding hydrogens is 200 g/mol. The van der Waals surface area contributed by atoms with Gasteiger partial charge in [0.25, 0.3) is 0 Å². The number of benzene rings is 1. The summed E-state index contributed by atoms with van der Waals surface area (Å²) in [5.41, 5.74) is 0.598. The molecule has 0 atom stereocenters. The van der Waals surface area contributed by atoms with Gasteiger partial charge in [0.1, 0.15) is 0 Å². The fourth-order valence-electron chi connectivity index (χ4n) is 1.21. The number of carbonyl (C=O) groups is 2.